The van der Waals surface area contributed by atoms with E-state index in [0.717, 1.165) is 47.3 Å². The van der Waals surface area contributed by atoms with E-state index in [0.29, 0.717) is 24.1 Å². The fourth-order valence-electron chi connectivity index (χ4n) is 3.34. The number of aromatic nitrogens is 3. The molecule has 0 saturated heterocycles. The second-order valence-electron chi connectivity index (χ2n) is 7.30. The number of nitrogens with zero attached hydrogens (tertiary/aromatic N) is 3. The van der Waals surface area contributed by atoms with Crippen molar-refractivity contribution < 1.29 is 22.4 Å². The van der Waals surface area contributed by atoms with Gasteiger partial charge in [0.05, 0.1) is 17.0 Å². The van der Waals surface area contributed by atoms with Gasteiger partial charge in [-0.25, -0.2) is 14.4 Å². The highest BCUT2D eigenvalue weighted by molar-refractivity contribution is 5.98. The lowest BCUT2D eigenvalue weighted by atomic mass is 9.97. The zero-order chi connectivity index (χ0) is 22.0. The molecule has 0 bridgehead atoms. The first-order valence-corrected chi connectivity index (χ1v) is 9.74. The van der Waals surface area contributed by atoms with Crippen molar-refractivity contribution in [3.05, 3.63) is 77.1 Å². The number of carbonyl (C=O) groups is 1. The molecule has 3 heterocycles. The second kappa shape index (κ2) is 8.41. The number of amides is 1. The number of fused-ring (bicyclic) bond motifs is 1. The zero-order valence-corrected chi connectivity index (χ0v) is 16.3. The van der Waals surface area contributed by atoms with Gasteiger partial charge in [0.25, 0.3) is 5.91 Å². The Morgan fingerprint density at radius 1 is 1.03 bits per heavy atom. The predicted octanol–water partition coefficient (Wildman–Crippen LogP) is 4.55. The van der Waals surface area contributed by atoms with Crippen LogP contribution in [-0.4, -0.2) is 27.4 Å². The molecule has 9 heteroatoms. The van der Waals surface area contributed by atoms with Gasteiger partial charge in [0, 0.05) is 29.9 Å². The standard InChI is InChI=1S/C15H14N4O.C7H4F4/c20-15-11-4-5-16-14(10(11)3-6-17-15)13-7-12(9-1-2-9)18-8-19-13;8-6-3-1-2-5(4-6)7(9,10)11/h4-5,7-9H,1-3,6H2,(H,17,20);1-4H. The van der Waals surface area contributed by atoms with Crippen LogP contribution < -0.4 is 5.32 Å². The van der Waals surface area contributed by atoms with E-state index in [9.17, 15) is 22.4 Å². The highest BCUT2D eigenvalue weighted by atomic mass is 19.4. The number of alkyl halides is 3. The number of pyridine rings is 1. The Kier molecular flexibility index (Phi) is 5.67. The number of hydrogen-bond acceptors (Lipinski definition) is 4. The third-order valence-corrected chi connectivity index (χ3v) is 5.04. The number of rotatable bonds is 2. The van der Waals surface area contributed by atoms with Gasteiger partial charge in [-0.2, -0.15) is 13.2 Å². The van der Waals surface area contributed by atoms with Crippen molar-refractivity contribution in [2.45, 2.75) is 31.4 Å². The lowest BCUT2D eigenvalue weighted by molar-refractivity contribution is -0.137. The molecule has 5 rings (SSSR count). The van der Waals surface area contributed by atoms with Crippen molar-refractivity contribution in [2.24, 2.45) is 0 Å². The first-order valence-electron chi connectivity index (χ1n) is 9.74. The highest BCUT2D eigenvalue weighted by Crippen LogP contribution is 2.39. The van der Waals surface area contributed by atoms with E-state index in [1.165, 1.54) is 12.8 Å². The molecule has 1 aliphatic carbocycles. The van der Waals surface area contributed by atoms with Gasteiger partial charge < -0.3 is 5.32 Å². The summed E-state index contributed by atoms with van der Waals surface area (Å²) in [5, 5.41) is 2.86. The lowest BCUT2D eigenvalue weighted by Gasteiger charge is -2.18. The van der Waals surface area contributed by atoms with E-state index in [1.807, 2.05) is 6.07 Å². The molecule has 0 atom stereocenters. The fraction of sp³-hybridized carbons (Fsp3) is 0.273. The summed E-state index contributed by atoms with van der Waals surface area (Å²) >= 11 is 0. The Morgan fingerprint density at radius 3 is 2.52 bits per heavy atom. The normalized spacial score (nSPS) is 15.4. The maximum atomic E-state index is 12.2. The maximum absolute atomic E-state index is 12.2. The quantitative estimate of drug-likeness (QED) is 0.606. The fourth-order valence-corrected chi connectivity index (χ4v) is 3.34. The summed E-state index contributed by atoms with van der Waals surface area (Å²) in [5.74, 6) is -0.314. The molecule has 1 aliphatic heterocycles. The molecule has 1 fully saturated rings. The van der Waals surface area contributed by atoms with Gasteiger partial charge in [-0.15, -0.1) is 0 Å². The van der Waals surface area contributed by atoms with E-state index < -0.39 is 17.6 Å². The highest BCUT2D eigenvalue weighted by Gasteiger charge is 2.30. The Balaban J connectivity index is 0.000000180. The van der Waals surface area contributed by atoms with Crippen LogP contribution in [0.15, 0.2) is 48.9 Å². The molecule has 31 heavy (non-hydrogen) atoms. The monoisotopic (exact) mass is 430 g/mol. The lowest BCUT2D eigenvalue weighted by Crippen LogP contribution is -2.32. The van der Waals surface area contributed by atoms with Crippen molar-refractivity contribution in [3.63, 3.8) is 0 Å². The maximum Gasteiger partial charge on any atom is 0.416 e. The number of nitrogens with one attached hydrogen (secondary N) is 1. The molecule has 0 radical (unpaired) electrons. The molecule has 0 spiro atoms. The van der Waals surface area contributed by atoms with E-state index in [-0.39, 0.29) is 5.91 Å². The first kappa shape index (κ1) is 20.9. The van der Waals surface area contributed by atoms with E-state index in [2.05, 4.69) is 20.3 Å². The van der Waals surface area contributed by atoms with Crippen molar-refractivity contribution in [1.29, 1.82) is 0 Å². The molecule has 2 aliphatic rings. The molecule has 5 nitrogen and oxygen atoms in total. The summed E-state index contributed by atoms with van der Waals surface area (Å²) in [6, 6.07) is 7.07. The molecule has 0 unspecified atom stereocenters. The summed E-state index contributed by atoms with van der Waals surface area (Å²) in [7, 11) is 0. The van der Waals surface area contributed by atoms with Crippen LogP contribution in [0.3, 0.4) is 0 Å². The zero-order valence-electron chi connectivity index (χ0n) is 16.3. The Labute approximate surface area is 175 Å². The van der Waals surface area contributed by atoms with Gasteiger partial charge in [-0.3, -0.25) is 9.78 Å². The second-order valence-corrected chi connectivity index (χ2v) is 7.30. The van der Waals surface area contributed by atoms with Crippen LogP contribution in [0, 0.1) is 5.82 Å². The van der Waals surface area contributed by atoms with Gasteiger partial charge in [0.1, 0.15) is 12.1 Å². The topological polar surface area (TPSA) is 67.8 Å². The molecule has 1 N–H and O–H groups in total. The minimum atomic E-state index is -4.46. The van der Waals surface area contributed by atoms with Crippen molar-refractivity contribution in [3.8, 4) is 11.4 Å². The Hall–Kier alpha value is -3.36. The van der Waals surface area contributed by atoms with Gasteiger partial charge >= 0.3 is 6.18 Å². The third-order valence-electron chi connectivity index (χ3n) is 5.04. The van der Waals surface area contributed by atoms with Gasteiger partial charge in [0.15, 0.2) is 0 Å². The summed E-state index contributed by atoms with van der Waals surface area (Å²) in [4.78, 5) is 25.0. The van der Waals surface area contributed by atoms with Crippen LogP contribution in [0.5, 0.6) is 0 Å². The van der Waals surface area contributed by atoms with Crippen molar-refractivity contribution >= 4 is 5.91 Å². The molecule has 3 aromatic rings. The van der Waals surface area contributed by atoms with Crippen LogP contribution in [-0.2, 0) is 12.6 Å². The van der Waals surface area contributed by atoms with Crippen LogP contribution in [0.4, 0.5) is 17.6 Å². The predicted molar refractivity (Wildman–Crippen MR) is 105 cm³/mol. The van der Waals surface area contributed by atoms with E-state index in [1.54, 1.807) is 18.6 Å². The molecule has 1 saturated carbocycles. The van der Waals surface area contributed by atoms with Crippen LogP contribution in [0.25, 0.3) is 11.4 Å². The molecule has 2 aromatic heterocycles. The smallest absolute Gasteiger partial charge is 0.352 e. The van der Waals surface area contributed by atoms with E-state index in [4.69, 9.17) is 0 Å². The van der Waals surface area contributed by atoms with Gasteiger partial charge in [0.2, 0.25) is 0 Å². The first-order chi connectivity index (χ1) is 14.8. The summed E-state index contributed by atoms with van der Waals surface area (Å²) in [5.41, 5.74) is 3.49. The number of hydrogen-bond donors (Lipinski definition) is 1. The molecular formula is C22H18F4N4O. The Bertz CT molecular complexity index is 1110. The molecule has 1 aromatic carbocycles. The average Bonchev–Trinajstić information content (AvgIpc) is 3.59. The molecular weight excluding hydrogens is 412 g/mol. The summed E-state index contributed by atoms with van der Waals surface area (Å²) in [6.07, 6.45) is 2.04. The molecule has 160 valence electrons. The van der Waals surface area contributed by atoms with Crippen molar-refractivity contribution in [2.75, 3.05) is 6.54 Å². The number of halogens is 4. The largest absolute Gasteiger partial charge is 0.416 e. The van der Waals surface area contributed by atoms with Crippen LogP contribution in [0.1, 0.15) is 45.9 Å². The Morgan fingerprint density at radius 2 is 1.84 bits per heavy atom. The number of benzene rings is 1. The SMILES string of the molecule is Fc1cccc(C(F)(F)F)c1.O=C1NCCc2c1ccnc2-c1cc(C2CC2)ncn1. The van der Waals surface area contributed by atoms with E-state index >= 15 is 0 Å². The van der Waals surface area contributed by atoms with Gasteiger partial charge in [-0.05, 0) is 55.2 Å². The van der Waals surface area contributed by atoms with Crippen LogP contribution in [0.2, 0.25) is 0 Å². The molecule has 1 amide bonds. The minimum absolute atomic E-state index is 0.0219. The number of carbonyl (C=O) groups excluding carboxylic acids is 1. The minimum Gasteiger partial charge on any atom is -0.352 e. The van der Waals surface area contributed by atoms with Gasteiger partial charge in [-0.1, -0.05) is 6.07 Å². The summed E-state index contributed by atoms with van der Waals surface area (Å²) in [6.45, 7) is 0.658. The van der Waals surface area contributed by atoms with Crippen LogP contribution >= 0.6 is 0 Å². The average molecular weight is 430 g/mol. The van der Waals surface area contributed by atoms with Crippen molar-refractivity contribution in [1.82, 2.24) is 20.3 Å². The summed E-state index contributed by atoms with van der Waals surface area (Å²) < 4.78 is 47.6. The third kappa shape index (κ3) is 4.87.